The lowest BCUT2D eigenvalue weighted by Gasteiger charge is -2.26. The molecule has 1 aliphatic heterocycles. The predicted molar refractivity (Wildman–Crippen MR) is 111 cm³/mol. The Morgan fingerprint density at radius 3 is 2.32 bits per heavy atom. The molecule has 6 heteroatoms. The molecule has 0 aliphatic carbocycles. The van der Waals surface area contributed by atoms with Crippen LogP contribution in [0.2, 0.25) is 10.0 Å². The fourth-order valence-corrected chi connectivity index (χ4v) is 3.77. The first-order chi connectivity index (χ1) is 13.1. The van der Waals surface area contributed by atoms with E-state index in [4.69, 9.17) is 23.2 Å². The van der Waals surface area contributed by atoms with Gasteiger partial charge in [0.25, 0.3) is 0 Å². The molecular weight excluding hydrogens is 401 g/mol. The number of halogens is 4. The van der Waals surface area contributed by atoms with Gasteiger partial charge in [-0.05, 0) is 53.8 Å². The summed E-state index contributed by atoms with van der Waals surface area (Å²) < 4.78 is 26.1. The summed E-state index contributed by atoms with van der Waals surface area (Å²) in [6.07, 6.45) is 0.893. The van der Waals surface area contributed by atoms with E-state index in [9.17, 15) is 14.0 Å². The second-order valence-corrected chi connectivity index (χ2v) is 9.02. The third kappa shape index (κ3) is 6.44. The van der Waals surface area contributed by atoms with Crippen molar-refractivity contribution in [2.24, 2.45) is 11.3 Å². The zero-order valence-corrected chi connectivity index (χ0v) is 17.7. The monoisotopic (exact) mass is 424 g/mol. The Labute approximate surface area is 175 Å². The smallest absolute Gasteiger partial charge is 0.126 e. The molecule has 1 saturated heterocycles. The zero-order valence-electron chi connectivity index (χ0n) is 16.1. The molecule has 1 aliphatic rings. The predicted octanol–water partition coefficient (Wildman–Crippen LogP) is 6.59. The summed E-state index contributed by atoms with van der Waals surface area (Å²) in [5.41, 5.74) is 0.683. The number of hydrogen-bond acceptors (Lipinski definition) is 2. The first-order valence-corrected chi connectivity index (χ1v) is 9.85. The second-order valence-electron chi connectivity index (χ2n) is 8.15. The molecule has 1 N–H and O–H groups in total. The lowest BCUT2D eigenvalue weighted by atomic mass is 9.79. The molecule has 3 atom stereocenters. The van der Waals surface area contributed by atoms with Crippen molar-refractivity contribution >= 4 is 23.2 Å². The average molecular weight is 425 g/mol. The fraction of sp³-hybridized carbons (Fsp3) is 0.409. The number of nitriles is 1. The van der Waals surface area contributed by atoms with Gasteiger partial charge in [-0.15, -0.1) is 0 Å². The second kappa shape index (κ2) is 9.69. The van der Waals surface area contributed by atoms with Gasteiger partial charge in [0.2, 0.25) is 0 Å². The minimum Gasteiger partial charge on any atom is -0.312 e. The lowest BCUT2D eigenvalue weighted by Crippen LogP contribution is -2.31. The van der Waals surface area contributed by atoms with Gasteiger partial charge in [-0.3, -0.25) is 0 Å². The zero-order chi connectivity index (χ0) is 20.9. The molecule has 0 radical (unpaired) electrons. The molecule has 2 nitrogen and oxygen atoms in total. The normalized spacial score (nSPS) is 21.6. The highest BCUT2D eigenvalue weighted by atomic mass is 35.5. The molecule has 28 heavy (non-hydrogen) atoms. The molecule has 1 fully saturated rings. The average Bonchev–Trinajstić information content (AvgIpc) is 2.98. The Bertz CT molecular complexity index is 826. The minimum absolute atomic E-state index is 0.100. The Hall–Kier alpha value is -1.67. The van der Waals surface area contributed by atoms with Crippen molar-refractivity contribution in [1.29, 1.82) is 5.26 Å². The van der Waals surface area contributed by atoms with E-state index in [0.29, 0.717) is 22.2 Å². The summed E-state index contributed by atoms with van der Waals surface area (Å²) in [5, 5.41) is 13.8. The van der Waals surface area contributed by atoms with E-state index in [-0.39, 0.29) is 34.9 Å². The Morgan fingerprint density at radius 2 is 1.79 bits per heavy atom. The van der Waals surface area contributed by atoms with Crippen molar-refractivity contribution in [3.8, 4) is 6.07 Å². The summed E-state index contributed by atoms with van der Waals surface area (Å²) >= 11 is 11.4. The highest BCUT2D eigenvalue weighted by Crippen LogP contribution is 2.38. The van der Waals surface area contributed by atoms with E-state index >= 15 is 0 Å². The van der Waals surface area contributed by atoms with Crippen LogP contribution in [-0.2, 0) is 0 Å². The SMILES string of the molecule is CC(C)(C)CC1NCC(c2cc(Cl)ccc2F)C1C#N.Fc1cccc(Cl)c1. The van der Waals surface area contributed by atoms with E-state index in [1.165, 1.54) is 24.3 Å². The topological polar surface area (TPSA) is 35.8 Å². The number of benzene rings is 2. The summed E-state index contributed by atoms with van der Waals surface area (Å²) in [7, 11) is 0. The molecular formula is C22H24Cl2F2N2. The molecule has 3 rings (SSSR count). The lowest BCUT2D eigenvalue weighted by molar-refractivity contribution is 0.304. The van der Waals surface area contributed by atoms with Gasteiger partial charge in [0.05, 0.1) is 12.0 Å². The third-order valence-electron chi connectivity index (χ3n) is 4.59. The number of hydrogen-bond donors (Lipinski definition) is 1. The quantitative estimate of drug-likeness (QED) is 0.589. The maximum Gasteiger partial charge on any atom is 0.126 e. The van der Waals surface area contributed by atoms with Crippen LogP contribution in [0.25, 0.3) is 0 Å². The first kappa shape index (κ1) is 22.6. The molecule has 1 heterocycles. The Morgan fingerprint density at radius 1 is 1.11 bits per heavy atom. The molecule has 3 unspecified atom stereocenters. The van der Waals surface area contributed by atoms with Crippen molar-refractivity contribution < 1.29 is 8.78 Å². The van der Waals surface area contributed by atoms with Gasteiger partial charge in [-0.1, -0.05) is 50.0 Å². The Kier molecular flexibility index (Phi) is 7.83. The highest BCUT2D eigenvalue weighted by molar-refractivity contribution is 6.30. The highest BCUT2D eigenvalue weighted by Gasteiger charge is 2.39. The van der Waals surface area contributed by atoms with Crippen molar-refractivity contribution in [1.82, 2.24) is 5.32 Å². The van der Waals surface area contributed by atoms with E-state index < -0.39 is 0 Å². The van der Waals surface area contributed by atoms with Crippen molar-refractivity contribution in [2.75, 3.05) is 6.54 Å². The first-order valence-electron chi connectivity index (χ1n) is 9.10. The minimum atomic E-state index is -0.294. The van der Waals surface area contributed by atoms with Crippen LogP contribution in [0, 0.1) is 34.3 Å². The summed E-state index contributed by atoms with van der Waals surface area (Å²) in [6.45, 7) is 7.07. The largest absolute Gasteiger partial charge is 0.312 e. The van der Waals surface area contributed by atoms with Crippen LogP contribution < -0.4 is 5.32 Å². The molecule has 0 spiro atoms. The van der Waals surface area contributed by atoms with Crippen LogP contribution in [0.4, 0.5) is 8.78 Å². The van der Waals surface area contributed by atoms with Crippen molar-refractivity contribution in [2.45, 2.75) is 39.2 Å². The van der Waals surface area contributed by atoms with E-state index in [1.54, 1.807) is 18.2 Å². The van der Waals surface area contributed by atoms with E-state index in [1.807, 2.05) is 0 Å². The van der Waals surface area contributed by atoms with E-state index in [0.717, 1.165) is 6.42 Å². The molecule has 150 valence electrons. The molecule has 0 saturated carbocycles. The molecule has 2 aromatic rings. The maximum atomic E-state index is 14.0. The van der Waals surface area contributed by atoms with Gasteiger partial charge in [0, 0.05) is 28.5 Å². The maximum absolute atomic E-state index is 14.0. The van der Waals surface area contributed by atoms with E-state index in [2.05, 4.69) is 32.2 Å². The molecule has 0 aromatic heterocycles. The number of nitrogens with one attached hydrogen (secondary N) is 1. The van der Waals surface area contributed by atoms with Crippen molar-refractivity contribution in [3.05, 3.63) is 69.7 Å². The number of rotatable bonds is 2. The van der Waals surface area contributed by atoms with Crippen LogP contribution in [-0.4, -0.2) is 12.6 Å². The molecule has 0 amide bonds. The van der Waals surface area contributed by atoms with Gasteiger partial charge in [0.15, 0.2) is 0 Å². The van der Waals surface area contributed by atoms with Crippen LogP contribution in [0.15, 0.2) is 42.5 Å². The Balaban J connectivity index is 0.000000292. The van der Waals surface area contributed by atoms with Crippen LogP contribution in [0.5, 0.6) is 0 Å². The molecule has 0 bridgehead atoms. The number of nitrogens with zero attached hydrogens (tertiary/aromatic N) is 1. The third-order valence-corrected chi connectivity index (χ3v) is 5.06. The van der Waals surface area contributed by atoms with Crippen LogP contribution >= 0.6 is 23.2 Å². The summed E-state index contributed by atoms with van der Waals surface area (Å²) in [5.74, 6) is -0.927. The van der Waals surface area contributed by atoms with Crippen molar-refractivity contribution in [3.63, 3.8) is 0 Å². The van der Waals surface area contributed by atoms with Gasteiger partial charge in [-0.2, -0.15) is 5.26 Å². The van der Waals surface area contributed by atoms with Crippen LogP contribution in [0.1, 0.15) is 38.7 Å². The van der Waals surface area contributed by atoms with Gasteiger partial charge < -0.3 is 5.32 Å². The van der Waals surface area contributed by atoms with Gasteiger partial charge in [0.1, 0.15) is 11.6 Å². The van der Waals surface area contributed by atoms with Gasteiger partial charge >= 0.3 is 0 Å². The fourth-order valence-electron chi connectivity index (χ4n) is 3.41. The molecule has 2 aromatic carbocycles. The summed E-state index contributed by atoms with van der Waals surface area (Å²) in [4.78, 5) is 0. The standard InChI is InChI=1S/C16H20ClFN2.C6H4ClF/c1-16(2,3)7-15-12(8-19)13(9-20-15)11-6-10(17)4-5-14(11)18;7-5-2-1-3-6(8)4-5/h4-6,12-13,15,20H,7,9H2,1-3H3;1-4H. The summed E-state index contributed by atoms with van der Waals surface area (Å²) in [6, 6.07) is 12.8. The van der Waals surface area contributed by atoms with Gasteiger partial charge in [-0.25, -0.2) is 8.78 Å². The van der Waals surface area contributed by atoms with Crippen LogP contribution in [0.3, 0.4) is 0 Å².